The van der Waals surface area contributed by atoms with E-state index in [9.17, 15) is 0 Å². The van der Waals surface area contributed by atoms with Crippen LogP contribution in [0.5, 0.6) is 0 Å². The molecule has 0 saturated heterocycles. The molecule has 1 aromatic carbocycles. The number of hydrogen-bond donors (Lipinski definition) is 0. The Labute approximate surface area is 92.1 Å². The van der Waals surface area contributed by atoms with Gasteiger partial charge in [0.1, 0.15) is 0 Å². The Bertz CT molecular complexity index is 273. The SMILES string of the molecule is ClCc1cc(Br)cc(Br)c1Cl. The van der Waals surface area contributed by atoms with E-state index in [1.165, 1.54) is 0 Å². The minimum atomic E-state index is 0.427. The van der Waals surface area contributed by atoms with Crippen LogP contribution in [0.2, 0.25) is 5.02 Å². The maximum Gasteiger partial charge on any atom is 0.0592 e. The molecule has 0 heterocycles. The lowest BCUT2D eigenvalue weighted by Crippen LogP contribution is -1.81. The molecule has 1 aromatic rings. The molecule has 4 heteroatoms. The lowest BCUT2D eigenvalue weighted by atomic mass is 10.2. The van der Waals surface area contributed by atoms with E-state index in [1.807, 2.05) is 12.1 Å². The molecule has 0 aliphatic carbocycles. The summed E-state index contributed by atoms with van der Waals surface area (Å²) in [6.45, 7) is 0. The van der Waals surface area contributed by atoms with Crippen LogP contribution in [0.25, 0.3) is 0 Å². The fourth-order valence-electron chi connectivity index (χ4n) is 0.707. The molecule has 1 rings (SSSR count). The zero-order valence-corrected chi connectivity index (χ0v) is 10.1. The third kappa shape index (κ3) is 2.35. The van der Waals surface area contributed by atoms with Gasteiger partial charge in [-0.2, -0.15) is 0 Å². The number of benzene rings is 1. The smallest absolute Gasteiger partial charge is 0.0592 e. The highest BCUT2D eigenvalue weighted by Crippen LogP contribution is 2.30. The second kappa shape index (κ2) is 4.13. The fourth-order valence-corrected chi connectivity index (χ4v) is 2.48. The average molecular weight is 319 g/mol. The van der Waals surface area contributed by atoms with E-state index >= 15 is 0 Å². The second-order valence-corrected chi connectivity index (χ2v) is 4.41. The van der Waals surface area contributed by atoms with E-state index in [0.717, 1.165) is 14.5 Å². The molecule has 0 unspecified atom stereocenters. The molecule has 0 nitrogen and oxygen atoms in total. The summed E-state index contributed by atoms with van der Waals surface area (Å²) in [6.07, 6.45) is 0. The molecular weight excluding hydrogens is 315 g/mol. The molecule has 0 N–H and O–H groups in total. The minimum Gasteiger partial charge on any atom is -0.121 e. The third-order valence-corrected chi connectivity index (χ3v) is 3.26. The summed E-state index contributed by atoms with van der Waals surface area (Å²) in [5.74, 6) is 0.427. The highest BCUT2D eigenvalue weighted by molar-refractivity contribution is 9.11. The van der Waals surface area contributed by atoms with Crippen LogP contribution < -0.4 is 0 Å². The Morgan fingerprint density at radius 3 is 2.45 bits per heavy atom. The molecule has 0 radical (unpaired) electrons. The fraction of sp³-hybridized carbons (Fsp3) is 0.143. The standard InChI is InChI=1S/C7H4Br2Cl2/c8-5-1-4(3-10)7(11)6(9)2-5/h1-2H,3H2. The maximum atomic E-state index is 5.91. The first kappa shape index (κ1) is 9.85. The monoisotopic (exact) mass is 316 g/mol. The van der Waals surface area contributed by atoms with E-state index in [-0.39, 0.29) is 0 Å². The van der Waals surface area contributed by atoms with Gasteiger partial charge < -0.3 is 0 Å². The molecule has 0 aliphatic rings. The van der Waals surface area contributed by atoms with Gasteiger partial charge >= 0.3 is 0 Å². The maximum absolute atomic E-state index is 5.91. The summed E-state index contributed by atoms with van der Waals surface area (Å²) in [7, 11) is 0. The van der Waals surface area contributed by atoms with Gasteiger partial charge in [0, 0.05) is 14.8 Å². The van der Waals surface area contributed by atoms with Crippen molar-refractivity contribution in [3.63, 3.8) is 0 Å². The number of halogens is 4. The van der Waals surface area contributed by atoms with Crippen molar-refractivity contribution >= 4 is 55.1 Å². The van der Waals surface area contributed by atoms with E-state index in [4.69, 9.17) is 23.2 Å². The largest absolute Gasteiger partial charge is 0.121 e. The highest BCUT2D eigenvalue weighted by Gasteiger charge is 2.04. The van der Waals surface area contributed by atoms with E-state index < -0.39 is 0 Å². The molecule has 0 fully saturated rings. The van der Waals surface area contributed by atoms with Gasteiger partial charge in [0.15, 0.2) is 0 Å². The second-order valence-electron chi connectivity index (χ2n) is 1.99. The number of rotatable bonds is 1. The third-order valence-electron chi connectivity index (χ3n) is 1.21. The molecule has 0 bridgehead atoms. The van der Waals surface area contributed by atoms with Crippen LogP contribution in [0.3, 0.4) is 0 Å². The zero-order chi connectivity index (χ0) is 8.43. The lowest BCUT2D eigenvalue weighted by molar-refractivity contribution is 1.37. The van der Waals surface area contributed by atoms with Crippen molar-refractivity contribution in [3.8, 4) is 0 Å². The molecule has 0 atom stereocenters. The summed E-state index contributed by atoms with van der Waals surface area (Å²) < 4.78 is 1.84. The van der Waals surface area contributed by atoms with Crippen molar-refractivity contribution in [3.05, 3.63) is 31.7 Å². The van der Waals surface area contributed by atoms with Gasteiger partial charge in [0.2, 0.25) is 0 Å². The molecule has 0 spiro atoms. The van der Waals surface area contributed by atoms with Gasteiger partial charge in [-0.05, 0) is 33.6 Å². The Balaban J connectivity index is 3.24. The summed E-state index contributed by atoms with van der Waals surface area (Å²) in [4.78, 5) is 0. The van der Waals surface area contributed by atoms with Crippen molar-refractivity contribution in [1.82, 2.24) is 0 Å². The minimum absolute atomic E-state index is 0.427. The van der Waals surface area contributed by atoms with Crippen molar-refractivity contribution in [2.75, 3.05) is 0 Å². The first-order valence-electron chi connectivity index (χ1n) is 2.84. The van der Waals surface area contributed by atoms with E-state index in [0.29, 0.717) is 10.9 Å². The van der Waals surface area contributed by atoms with Gasteiger partial charge in [0.25, 0.3) is 0 Å². The van der Waals surface area contributed by atoms with Crippen molar-refractivity contribution in [2.24, 2.45) is 0 Å². The van der Waals surface area contributed by atoms with E-state index in [1.54, 1.807) is 0 Å². The van der Waals surface area contributed by atoms with E-state index in [2.05, 4.69) is 31.9 Å². The van der Waals surface area contributed by atoms with Gasteiger partial charge in [0.05, 0.1) is 5.02 Å². The first-order valence-corrected chi connectivity index (χ1v) is 5.34. The van der Waals surface area contributed by atoms with Crippen molar-refractivity contribution < 1.29 is 0 Å². The molecule has 0 aromatic heterocycles. The van der Waals surface area contributed by atoms with Crippen LogP contribution in [-0.2, 0) is 5.88 Å². The van der Waals surface area contributed by atoms with Crippen LogP contribution in [0.15, 0.2) is 21.1 Å². The number of hydrogen-bond acceptors (Lipinski definition) is 0. The Morgan fingerprint density at radius 2 is 1.91 bits per heavy atom. The summed E-state index contributed by atoms with van der Waals surface area (Å²) in [6, 6.07) is 3.79. The number of alkyl halides is 1. The topological polar surface area (TPSA) is 0 Å². The zero-order valence-electron chi connectivity index (χ0n) is 5.37. The summed E-state index contributed by atoms with van der Waals surface area (Å²) in [5.41, 5.74) is 0.926. The quantitative estimate of drug-likeness (QED) is 0.524. The summed E-state index contributed by atoms with van der Waals surface area (Å²) in [5, 5.41) is 0.684. The molecule has 0 aliphatic heterocycles. The predicted octanol–water partition coefficient (Wildman–Crippen LogP) is 4.60. The highest BCUT2D eigenvalue weighted by atomic mass is 79.9. The van der Waals surface area contributed by atoms with Gasteiger partial charge in [-0.1, -0.05) is 27.5 Å². The average Bonchev–Trinajstić information content (AvgIpc) is 1.96. The first-order chi connectivity index (χ1) is 5.15. The van der Waals surface area contributed by atoms with Gasteiger partial charge in [-0.15, -0.1) is 11.6 Å². The Morgan fingerprint density at radius 1 is 1.27 bits per heavy atom. The lowest BCUT2D eigenvalue weighted by Gasteiger charge is -2.02. The Hall–Kier alpha value is 0.760. The molecule has 0 amide bonds. The predicted molar refractivity (Wildman–Crippen MR) is 56.4 cm³/mol. The molecule has 0 saturated carbocycles. The van der Waals surface area contributed by atoms with Crippen molar-refractivity contribution in [1.29, 1.82) is 0 Å². The van der Waals surface area contributed by atoms with Crippen LogP contribution in [0.4, 0.5) is 0 Å². The Kier molecular flexibility index (Phi) is 3.69. The summed E-state index contributed by atoms with van der Waals surface area (Å²) >= 11 is 18.2. The van der Waals surface area contributed by atoms with Gasteiger partial charge in [-0.25, -0.2) is 0 Å². The van der Waals surface area contributed by atoms with Crippen LogP contribution in [-0.4, -0.2) is 0 Å². The molecule has 60 valence electrons. The molecule has 11 heavy (non-hydrogen) atoms. The van der Waals surface area contributed by atoms with Crippen molar-refractivity contribution in [2.45, 2.75) is 5.88 Å². The van der Waals surface area contributed by atoms with Crippen LogP contribution >= 0.6 is 55.1 Å². The van der Waals surface area contributed by atoms with Crippen LogP contribution in [0, 0.1) is 0 Å². The van der Waals surface area contributed by atoms with Gasteiger partial charge in [-0.3, -0.25) is 0 Å². The van der Waals surface area contributed by atoms with Crippen LogP contribution in [0.1, 0.15) is 5.56 Å². The normalized spacial score (nSPS) is 10.2. The molecular formula is C7H4Br2Cl2.